The van der Waals surface area contributed by atoms with Crippen molar-refractivity contribution in [1.29, 1.82) is 0 Å². The van der Waals surface area contributed by atoms with Gasteiger partial charge in [-0.25, -0.2) is 0 Å². The van der Waals surface area contributed by atoms with E-state index < -0.39 is 0 Å². The van der Waals surface area contributed by atoms with Crippen molar-refractivity contribution in [3.63, 3.8) is 0 Å². The van der Waals surface area contributed by atoms with Crippen LogP contribution >= 0.6 is 0 Å². The molecule has 3 nitrogen and oxygen atoms in total. The SMILES string of the molecule is CCNCc1ccc(CN(C)C(CC)CC)nc1. The molecule has 0 aromatic carbocycles. The summed E-state index contributed by atoms with van der Waals surface area (Å²) in [4.78, 5) is 6.94. The Kier molecular flexibility index (Phi) is 6.91. The minimum Gasteiger partial charge on any atom is -0.313 e. The van der Waals surface area contributed by atoms with E-state index in [1.54, 1.807) is 0 Å². The van der Waals surface area contributed by atoms with E-state index in [9.17, 15) is 0 Å². The molecule has 102 valence electrons. The third-order valence-corrected chi connectivity index (χ3v) is 3.44. The molecule has 0 bridgehead atoms. The summed E-state index contributed by atoms with van der Waals surface area (Å²) in [6.45, 7) is 9.46. The Balaban J connectivity index is 2.52. The number of hydrogen-bond acceptors (Lipinski definition) is 3. The largest absolute Gasteiger partial charge is 0.313 e. The molecule has 0 aliphatic rings. The van der Waals surface area contributed by atoms with Crippen LogP contribution in [0.3, 0.4) is 0 Å². The molecule has 3 heteroatoms. The first-order valence-corrected chi connectivity index (χ1v) is 7.05. The highest BCUT2D eigenvalue weighted by Gasteiger charge is 2.10. The second-order valence-corrected chi connectivity index (χ2v) is 4.82. The van der Waals surface area contributed by atoms with Gasteiger partial charge < -0.3 is 5.32 Å². The Bertz CT molecular complexity index is 317. The van der Waals surface area contributed by atoms with Crippen LogP contribution in [0.2, 0.25) is 0 Å². The number of rotatable bonds is 8. The third-order valence-electron chi connectivity index (χ3n) is 3.44. The molecule has 1 aromatic rings. The number of nitrogens with one attached hydrogen (secondary N) is 1. The van der Waals surface area contributed by atoms with E-state index in [1.165, 1.54) is 18.4 Å². The van der Waals surface area contributed by atoms with E-state index in [4.69, 9.17) is 0 Å². The van der Waals surface area contributed by atoms with Crippen molar-refractivity contribution in [2.75, 3.05) is 13.6 Å². The van der Waals surface area contributed by atoms with E-state index >= 15 is 0 Å². The summed E-state index contributed by atoms with van der Waals surface area (Å²) >= 11 is 0. The van der Waals surface area contributed by atoms with Crippen molar-refractivity contribution >= 4 is 0 Å². The molecule has 0 aliphatic carbocycles. The fraction of sp³-hybridized carbons (Fsp3) is 0.667. The molecule has 0 unspecified atom stereocenters. The van der Waals surface area contributed by atoms with Gasteiger partial charge >= 0.3 is 0 Å². The average molecular weight is 249 g/mol. The molecule has 0 amide bonds. The molecule has 18 heavy (non-hydrogen) atoms. The van der Waals surface area contributed by atoms with Crippen LogP contribution < -0.4 is 5.32 Å². The topological polar surface area (TPSA) is 28.2 Å². The van der Waals surface area contributed by atoms with Crippen LogP contribution in [0.25, 0.3) is 0 Å². The lowest BCUT2D eigenvalue weighted by Gasteiger charge is -2.25. The van der Waals surface area contributed by atoms with Crippen molar-refractivity contribution in [2.45, 2.75) is 52.7 Å². The first-order chi connectivity index (χ1) is 8.71. The Hall–Kier alpha value is -0.930. The third kappa shape index (κ3) is 4.75. The van der Waals surface area contributed by atoms with E-state index in [0.717, 1.165) is 25.3 Å². The van der Waals surface area contributed by atoms with Crippen LogP contribution in [0, 0.1) is 0 Å². The fourth-order valence-electron chi connectivity index (χ4n) is 2.22. The van der Waals surface area contributed by atoms with Gasteiger partial charge in [0.25, 0.3) is 0 Å². The quantitative estimate of drug-likeness (QED) is 0.768. The fourth-order valence-corrected chi connectivity index (χ4v) is 2.22. The molecule has 1 N–H and O–H groups in total. The zero-order valence-electron chi connectivity index (χ0n) is 12.2. The Morgan fingerprint density at radius 3 is 2.44 bits per heavy atom. The van der Waals surface area contributed by atoms with Crippen molar-refractivity contribution in [1.82, 2.24) is 15.2 Å². The molecule has 0 radical (unpaired) electrons. The van der Waals surface area contributed by atoms with Gasteiger partial charge in [-0.3, -0.25) is 9.88 Å². The molecule has 1 rings (SSSR count). The van der Waals surface area contributed by atoms with Crippen molar-refractivity contribution in [3.8, 4) is 0 Å². The van der Waals surface area contributed by atoms with Gasteiger partial charge in [0.15, 0.2) is 0 Å². The number of nitrogens with zero attached hydrogens (tertiary/aromatic N) is 2. The predicted octanol–water partition coefficient (Wildman–Crippen LogP) is 2.81. The lowest BCUT2D eigenvalue weighted by atomic mass is 10.1. The summed E-state index contributed by atoms with van der Waals surface area (Å²) in [5.74, 6) is 0. The first kappa shape index (κ1) is 15.1. The minimum absolute atomic E-state index is 0.660. The van der Waals surface area contributed by atoms with Gasteiger partial charge in [-0.05, 0) is 38.1 Å². The Morgan fingerprint density at radius 1 is 1.22 bits per heavy atom. The van der Waals surface area contributed by atoms with E-state index in [-0.39, 0.29) is 0 Å². The second kappa shape index (κ2) is 8.22. The van der Waals surface area contributed by atoms with Crippen LogP contribution in [-0.4, -0.2) is 29.5 Å². The van der Waals surface area contributed by atoms with Crippen molar-refractivity contribution < 1.29 is 0 Å². The zero-order valence-corrected chi connectivity index (χ0v) is 12.2. The molecule has 0 saturated carbocycles. The number of aromatic nitrogens is 1. The molecule has 0 atom stereocenters. The van der Waals surface area contributed by atoms with Crippen LogP contribution in [0.15, 0.2) is 18.3 Å². The lowest BCUT2D eigenvalue weighted by molar-refractivity contribution is 0.219. The van der Waals surface area contributed by atoms with Crippen LogP contribution in [-0.2, 0) is 13.1 Å². The van der Waals surface area contributed by atoms with Crippen LogP contribution in [0.4, 0.5) is 0 Å². The standard InChI is InChI=1S/C15H27N3/c1-5-15(6-2)18(4)12-14-9-8-13(11-17-14)10-16-7-3/h8-9,11,15-16H,5-7,10,12H2,1-4H3. The molecular formula is C15H27N3. The molecule has 1 heterocycles. The monoisotopic (exact) mass is 249 g/mol. The number of pyridine rings is 1. The maximum atomic E-state index is 4.54. The van der Waals surface area contributed by atoms with Gasteiger partial charge in [0.2, 0.25) is 0 Å². The van der Waals surface area contributed by atoms with Gasteiger partial charge in [0.1, 0.15) is 0 Å². The van der Waals surface area contributed by atoms with Gasteiger partial charge in [-0.15, -0.1) is 0 Å². The molecular weight excluding hydrogens is 222 g/mol. The van der Waals surface area contributed by atoms with Gasteiger partial charge in [-0.1, -0.05) is 26.8 Å². The summed E-state index contributed by atoms with van der Waals surface area (Å²) in [6.07, 6.45) is 4.38. The normalized spacial score (nSPS) is 11.4. The highest BCUT2D eigenvalue weighted by atomic mass is 15.1. The van der Waals surface area contributed by atoms with Gasteiger partial charge in [0.05, 0.1) is 5.69 Å². The summed E-state index contributed by atoms with van der Waals surface area (Å²) in [5, 5.41) is 3.31. The van der Waals surface area contributed by atoms with Crippen molar-refractivity contribution in [3.05, 3.63) is 29.6 Å². The summed E-state index contributed by atoms with van der Waals surface area (Å²) in [6, 6.07) is 4.98. The van der Waals surface area contributed by atoms with Gasteiger partial charge in [0, 0.05) is 25.3 Å². The van der Waals surface area contributed by atoms with Gasteiger partial charge in [-0.2, -0.15) is 0 Å². The first-order valence-electron chi connectivity index (χ1n) is 7.05. The van der Waals surface area contributed by atoms with Crippen molar-refractivity contribution in [2.24, 2.45) is 0 Å². The zero-order chi connectivity index (χ0) is 13.4. The average Bonchev–Trinajstić information content (AvgIpc) is 2.39. The molecule has 0 saturated heterocycles. The van der Waals surface area contributed by atoms with E-state index in [0.29, 0.717) is 6.04 Å². The Morgan fingerprint density at radius 2 is 1.94 bits per heavy atom. The number of hydrogen-bond donors (Lipinski definition) is 1. The highest BCUT2D eigenvalue weighted by molar-refractivity contribution is 5.14. The molecule has 0 fully saturated rings. The second-order valence-electron chi connectivity index (χ2n) is 4.82. The maximum Gasteiger partial charge on any atom is 0.0544 e. The molecule has 0 spiro atoms. The highest BCUT2D eigenvalue weighted by Crippen LogP contribution is 2.10. The predicted molar refractivity (Wildman–Crippen MR) is 77.5 cm³/mol. The maximum absolute atomic E-state index is 4.54. The van der Waals surface area contributed by atoms with Crippen LogP contribution in [0.1, 0.15) is 44.9 Å². The smallest absolute Gasteiger partial charge is 0.0544 e. The lowest BCUT2D eigenvalue weighted by Crippen LogP contribution is -2.30. The summed E-state index contributed by atoms with van der Waals surface area (Å²) in [5.41, 5.74) is 2.41. The summed E-state index contributed by atoms with van der Waals surface area (Å²) in [7, 11) is 2.19. The van der Waals surface area contributed by atoms with E-state index in [2.05, 4.69) is 55.2 Å². The summed E-state index contributed by atoms with van der Waals surface area (Å²) < 4.78 is 0. The Labute approximate surface area is 112 Å². The minimum atomic E-state index is 0.660. The van der Waals surface area contributed by atoms with Crippen LogP contribution in [0.5, 0.6) is 0 Å². The molecule has 1 aromatic heterocycles. The van der Waals surface area contributed by atoms with E-state index in [1.807, 2.05) is 6.20 Å². The molecule has 0 aliphatic heterocycles.